The maximum atomic E-state index is 12.7. The standard InChI is InChI=1S/C20H17N3O5S2/c1-28-13-4-2-11(3-5-13)8-15-16(19(25)26)23-17(24)14(18(23)29-15)9-12-10-22-6-7-30(27)20(22)21-12/h2-5,9-10,18H,6-8H2,1H3,(H,25,26)/b14-9-/t18-,30?/m1/s1. The van der Waals surface area contributed by atoms with Crippen LogP contribution in [0.2, 0.25) is 0 Å². The van der Waals surface area contributed by atoms with Crippen molar-refractivity contribution in [3.05, 3.63) is 57.9 Å². The molecule has 0 spiro atoms. The molecule has 0 bridgehead atoms. The van der Waals surface area contributed by atoms with Crippen LogP contribution in [0, 0.1) is 0 Å². The van der Waals surface area contributed by atoms with Crippen LogP contribution in [0.4, 0.5) is 0 Å². The van der Waals surface area contributed by atoms with Gasteiger partial charge in [0.1, 0.15) is 16.8 Å². The van der Waals surface area contributed by atoms with E-state index in [0.717, 1.165) is 11.3 Å². The number of imidazole rings is 1. The van der Waals surface area contributed by atoms with Crippen LogP contribution in [0.3, 0.4) is 0 Å². The van der Waals surface area contributed by atoms with E-state index in [4.69, 9.17) is 4.74 Å². The minimum atomic E-state index is -1.11. The Hall–Kier alpha value is -2.85. The number of ether oxygens (including phenoxy) is 1. The number of aryl methyl sites for hydroxylation is 1. The van der Waals surface area contributed by atoms with Gasteiger partial charge >= 0.3 is 5.97 Å². The van der Waals surface area contributed by atoms with Crippen LogP contribution in [-0.4, -0.2) is 53.9 Å². The molecule has 1 amide bonds. The number of rotatable bonds is 5. The highest BCUT2D eigenvalue weighted by Gasteiger charge is 2.52. The quantitative estimate of drug-likeness (QED) is 0.556. The van der Waals surface area contributed by atoms with Gasteiger partial charge in [-0.3, -0.25) is 13.9 Å². The van der Waals surface area contributed by atoms with Crippen molar-refractivity contribution < 1.29 is 23.6 Å². The van der Waals surface area contributed by atoms with Crippen molar-refractivity contribution in [3.63, 3.8) is 0 Å². The van der Waals surface area contributed by atoms with Crippen LogP contribution in [-0.2, 0) is 33.4 Å². The number of methoxy groups -OCH3 is 1. The molecule has 0 saturated carbocycles. The van der Waals surface area contributed by atoms with E-state index in [-0.39, 0.29) is 17.0 Å². The van der Waals surface area contributed by atoms with E-state index in [1.54, 1.807) is 19.4 Å². The molecule has 2 aromatic rings. The lowest BCUT2D eigenvalue weighted by atomic mass is 10.0. The van der Waals surface area contributed by atoms with Crippen molar-refractivity contribution in [3.8, 4) is 5.75 Å². The van der Waals surface area contributed by atoms with Gasteiger partial charge in [0, 0.05) is 29.8 Å². The lowest BCUT2D eigenvalue weighted by molar-refractivity contribution is -0.141. The van der Waals surface area contributed by atoms with Crippen LogP contribution in [0.15, 0.2) is 51.8 Å². The van der Waals surface area contributed by atoms with E-state index in [1.165, 1.54) is 16.7 Å². The highest BCUT2D eigenvalue weighted by molar-refractivity contribution is 8.04. The molecule has 1 unspecified atom stereocenters. The number of nitrogens with zero attached hydrogens (tertiary/aromatic N) is 3. The van der Waals surface area contributed by atoms with E-state index in [0.29, 0.717) is 40.0 Å². The molecule has 2 atom stereocenters. The van der Waals surface area contributed by atoms with E-state index in [9.17, 15) is 18.9 Å². The van der Waals surface area contributed by atoms with Gasteiger partial charge in [-0.1, -0.05) is 23.9 Å². The zero-order valence-electron chi connectivity index (χ0n) is 15.9. The Morgan fingerprint density at radius 3 is 2.83 bits per heavy atom. The molecule has 4 heterocycles. The van der Waals surface area contributed by atoms with Crippen molar-refractivity contribution in [2.24, 2.45) is 0 Å². The second kappa shape index (κ2) is 7.13. The van der Waals surface area contributed by atoms with Crippen molar-refractivity contribution in [1.29, 1.82) is 0 Å². The van der Waals surface area contributed by atoms with E-state index >= 15 is 0 Å². The van der Waals surface area contributed by atoms with Gasteiger partial charge in [-0.2, -0.15) is 0 Å². The smallest absolute Gasteiger partial charge is 0.353 e. The zero-order valence-corrected chi connectivity index (χ0v) is 17.5. The maximum absolute atomic E-state index is 12.7. The lowest BCUT2D eigenvalue weighted by Gasteiger charge is -2.36. The number of fused-ring (bicyclic) bond motifs is 2. The summed E-state index contributed by atoms with van der Waals surface area (Å²) in [6.45, 7) is 0.646. The number of hydrogen-bond donors (Lipinski definition) is 1. The number of β-lactam (4-membered cyclic amide) rings is 1. The summed E-state index contributed by atoms with van der Waals surface area (Å²) in [5.41, 5.74) is 2.05. The molecule has 30 heavy (non-hydrogen) atoms. The summed E-state index contributed by atoms with van der Waals surface area (Å²) in [6, 6.07) is 7.41. The molecule has 8 nitrogen and oxygen atoms in total. The average Bonchev–Trinajstić information content (AvgIpc) is 3.39. The summed E-state index contributed by atoms with van der Waals surface area (Å²) in [5, 5.41) is 9.86. The van der Waals surface area contributed by atoms with Gasteiger partial charge in [0.2, 0.25) is 0 Å². The Morgan fingerprint density at radius 1 is 1.40 bits per heavy atom. The predicted octanol–water partition coefficient (Wildman–Crippen LogP) is 1.85. The molecule has 0 radical (unpaired) electrons. The second-order valence-electron chi connectivity index (χ2n) is 7.04. The summed E-state index contributed by atoms with van der Waals surface area (Å²) < 4.78 is 18.9. The Morgan fingerprint density at radius 2 is 2.17 bits per heavy atom. The Labute approximate surface area is 178 Å². The molecule has 5 rings (SSSR count). The summed E-state index contributed by atoms with van der Waals surface area (Å²) in [5.74, 6) is -0.158. The number of allylic oxidation sites excluding steroid dienone is 1. The number of carboxylic acids is 1. The Bertz CT molecular complexity index is 1170. The average molecular weight is 444 g/mol. The highest BCUT2D eigenvalue weighted by atomic mass is 32.2. The van der Waals surface area contributed by atoms with Gasteiger partial charge in [0.15, 0.2) is 5.16 Å². The number of carbonyl (C=O) groups is 2. The summed E-state index contributed by atoms with van der Waals surface area (Å²) in [7, 11) is 0.482. The van der Waals surface area contributed by atoms with Crippen LogP contribution in [0.25, 0.3) is 6.08 Å². The highest BCUT2D eigenvalue weighted by Crippen LogP contribution is 2.50. The predicted molar refractivity (Wildman–Crippen MR) is 111 cm³/mol. The van der Waals surface area contributed by atoms with Gasteiger partial charge < -0.3 is 14.4 Å². The number of amides is 1. The van der Waals surface area contributed by atoms with Gasteiger partial charge in [0.25, 0.3) is 5.91 Å². The normalized spacial score (nSPS) is 23.6. The number of aromatic nitrogens is 2. The molecule has 1 saturated heterocycles. The SMILES string of the molecule is COc1ccc(CC2=C(C(=O)O)N3C(=O)/C(=C/c4cn5c(n4)S(=O)CC5)[C@H]3S2)cc1. The number of carboxylic acid groups (broad SMARTS) is 1. The molecule has 3 aliphatic rings. The second-order valence-corrected chi connectivity index (χ2v) is 9.68. The molecule has 1 aromatic carbocycles. The summed E-state index contributed by atoms with van der Waals surface area (Å²) >= 11 is 1.37. The molecule has 1 N–H and O–H groups in total. The van der Waals surface area contributed by atoms with E-state index in [1.807, 2.05) is 28.8 Å². The topological polar surface area (TPSA) is 102 Å². The molecule has 1 fully saturated rings. The third kappa shape index (κ3) is 2.98. The first-order valence-corrected chi connectivity index (χ1v) is 11.4. The molecular weight excluding hydrogens is 426 g/mol. The molecule has 10 heteroatoms. The number of hydrogen-bond acceptors (Lipinski definition) is 6. The first-order valence-electron chi connectivity index (χ1n) is 9.23. The molecule has 0 aliphatic carbocycles. The number of carbonyl (C=O) groups excluding carboxylic acids is 1. The van der Waals surface area contributed by atoms with Gasteiger partial charge in [0.05, 0.1) is 29.2 Å². The fourth-order valence-electron chi connectivity index (χ4n) is 3.76. The van der Waals surface area contributed by atoms with Crippen LogP contribution in [0.5, 0.6) is 5.75 Å². The first kappa shape index (κ1) is 19.1. The monoisotopic (exact) mass is 443 g/mol. The van der Waals surface area contributed by atoms with Crippen LogP contribution in [0.1, 0.15) is 11.3 Å². The van der Waals surface area contributed by atoms with Crippen molar-refractivity contribution in [1.82, 2.24) is 14.5 Å². The summed E-state index contributed by atoms with van der Waals surface area (Å²) in [4.78, 5) is 30.9. The first-order chi connectivity index (χ1) is 14.5. The van der Waals surface area contributed by atoms with Gasteiger partial charge in [-0.25, -0.2) is 9.78 Å². The Balaban J connectivity index is 1.41. The van der Waals surface area contributed by atoms with Crippen molar-refractivity contribution in [2.75, 3.05) is 12.9 Å². The van der Waals surface area contributed by atoms with Crippen LogP contribution >= 0.6 is 11.8 Å². The zero-order chi connectivity index (χ0) is 21.0. The number of aliphatic carboxylic acids is 1. The summed E-state index contributed by atoms with van der Waals surface area (Å²) in [6.07, 6.45) is 3.88. The number of thioether (sulfide) groups is 1. The van der Waals surface area contributed by atoms with Crippen molar-refractivity contribution in [2.45, 2.75) is 23.5 Å². The fourth-order valence-corrected chi connectivity index (χ4v) is 6.33. The van der Waals surface area contributed by atoms with E-state index < -0.39 is 16.8 Å². The van der Waals surface area contributed by atoms with Crippen molar-refractivity contribution >= 4 is 40.5 Å². The minimum Gasteiger partial charge on any atom is -0.497 e. The van der Waals surface area contributed by atoms with Gasteiger partial charge in [-0.05, 0) is 23.8 Å². The lowest BCUT2D eigenvalue weighted by Crippen LogP contribution is -2.51. The largest absolute Gasteiger partial charge is 0.497 e. The minimum absolute atomic E-state index is 0.0383. The molecule has 154 valence electrons. The van der Waals surface area contributed by atoms with Gasteiger partial charge in [-0.15, -0.1) is 0 Å². The Kier molecular flexibility index (Phi) is 4.55. The maximum Gasteiger partial charge on any atom is 0.353 e. The third-order valence-electron chi connectivity index (χ3n) is 5.23. The molecule has 3 aliphatic heterocycles. The van der Waals surface area contributed by atoms with Crippen LogP contribution < -0.4 is 4.74 Å². The molecule has 1 aromatic heterocycles. The fraction of sp³-hybridized carbons (Fsp3) is 0.250. The van der Waals surface area contributed by atoms with E-state index in [2.05, 4.69) is 4.98 Å². The third-order valence-corrected chi connectivity index (χ3v) is 7.83. The molecular formula is C20H17N3O5S2. The number of benzene rings is 1.